The van der Waals surface area contributed by atoms with Crippen LogP contribution in [0.25, 0.3) is 0 Å². The molecule has 2 atom stereocenters. The average Bonchev–Trinajstić information content (AvgIpc) is 3.29. The van der Waals surface area contributed by atoms with Crippen LogP contribution in [0.4, 0.5) is 10.8 Å². The first-order valence-corrected chi connectivity index (χ1v) is 13.7. The van der Waals surface area contributed by atoms with E-state index in [-0.39, 0.29) is 9.47 Å². The van der Waals surface area contributed by atoms with Crippen LogP contribution in [0.1, 0.15) is 48.7 Å². The molecule has 3 aromatic rings. The van der Waals surface area contributed by atoms with Crippen molar-refractivity contribution < 1.29 is 13.2 Å². The van der Waals surface area contributed by atoms with Crippen molar-refractivity contribution in [3.63, 3.8) is 0 Å². The highest BCUT2D eigenvalue weighted by Crippen LogP contribution is 2.26. The van der Waals surface area contributed by atoms with Gasteiger partial charge >= 0.3 is 0 Å². The van der Waals surface area contributed by atoms with E-state index in [2.05, 4.69) is 32.1 Å². The van der Waals surface area contributed by atoms with Gasteiger partial charge in [0, 0.05) is 35.4 Å². The fourth-order valence-electron chi connectivity index (χ4n) is 3.89. The number of nitrogens with one attached hydrogen (secondary N) is 2. The van der Waals surface area contributed by atoms with Gasteiger partial charge in [0.25, 0.3) is 15.9 Å². The van der Waals surface area contributed by atoms with E-state index >= 15 is 0 Å². The summed E-state index contributed by atoms with van der Waals surface area (Å²) in [4.78, 5) is 14.7. The Kier molecular flexibility index (Phi) is 7.51. The Morgan fingerprint density at radius 1 is 1.15 bits per heavy atom. The maximum atomic E-state index is 12.8. The first-order chi connectivity index (χ1) is 16.2. The van der Waals surface area contributed by atoms with Gasteiger partial charge in [-0.15, -0.1) is 10.2 Å². The Labute approximate surface area is 208 Å². The molecule has 34 heavy (non-hydrogen) atoms. The molecule has 2 aromatic carbocycles. The van der Waals surface area contributed by atoms with E-state index in [1.54, 1.807) is 31.2 Å². The monoisotopic (exact) mass is 519 g/mol. The zero-order valence-electron chi connectivity index (χ0n) is 18.9. The average molecular weight is 520 g/mol. The highest BCUT2D eigenvalue weighted by molar-refractivity contribution is 7.91. The predicted molar refractivity (Wildman–Crippen MR) is 135 cm³/mol. The molecule has 1 fully saturated rings. The fourth-order valence-corrected chi connectivity index (χ4v) is 6.16. The summed E-state index contributed by atoms with van der Waals surface area (Å²) < 4.78 is 28.1. The Hall–Kier alpha value is -2.53. The van der Waals surface area contributed by atoms with E-state index in [0.29, 0.717) is 16.5 Å². The maximum Gasteiger partial charge on any atom is 0.270 e. The number of sulfonamides is 1. The molecule has 2 N–H and O–H groups in total. The molecule has 2 unspecified atom stereocenters. The Bertz CT molecular complexity index is 1250. The first kappa shape index (κ1) is 24.6. The molecular weight excluding hydrogens is 494 g/mol. The third-order valence-corrected chi connectivity index (χ3v) is 8.71. The molecule has 0 aliphatic carbocycles. The highest BCUT2D eigenvalue weighted by atomic mass is 35.5. The molecule has 4 rings (SSSR count). The number of piperidine rings is 1. The van der Waals surface area contributed by atoms with Crippen LogP contribution in [-0.2, 0) is 10.0 Å². The molecule has 2 heterocycles. The van der Waals surface area contributed by atoms with E-state index in [0.717, 1.165) is 35.7 Å². The third kappa shape index (κ3) is 5.93. The van der Waals surface area contributed by atoms with Crippen LogP contribution in [0.5, 0.6) is 0 Å². The summed E-state index contributed by atoms with van der Waals surface area (Å²) >= 11 is 6.62. The van der Waals surface area contributed by atoms with Crippen LogP contribution in [0.3, 0.4) is 0 Å². The van der Waals surface area contributed by atoms with Crippen LogP contribution >= 0.6 is 22.9 Å². The van der Waals surface area contributed by atoms with E-state index < -0.39 is 22.0 Å². The normalized spacial score (nSPS) is 17.4. The number of halogens is 1. The van der Waals surface area contributed by atoms with Crippen molar-refractivity contribution in [3.8, 4) is 0 Å². The number of anilines is 2. The van der Waals surface area contributed by atoms with E-state index in [1.807, 2.05) is 24.3 Å². The zero-order valence-corrected chi connectivity index (χ0v) is 21.3. The van der Waals surface area contributed by atoms with Crippen LogP contribution in [0.15, 0.2) is 52.9 Å². The standard InChI is InChI=1S/C23H26ClN5O3S2/c1-15-4-3-13-29(14-15)20-11-7-17(8-12-20)16(2)28-34(31,32)23-27-26-22(33-23)25-21(30)18-5-9-19(24)10-6-18/h5-12,15-16,28H,3-4,13-14H2,1-2H3,(H,25,26,30). The summed E-state index contributed by atoms with van der Waals surface area (Å²) in [6, 6.07) is 13.8. The second-order valence-electron chi connectivity index (χ2n) is 8.46. The van der Waals surface area contributed by atoms with Crippen molar-refractivity contribution >= 4 is 49.7 Å². The van der Waals surface area contributed by atoms with Crippen LogP contribution < -0.4 is 14.9 Å². The zero-order chi connectivity index (χ0) is 24.3. The van der Waals surface area contributed by atoms with Crippen LogP contribution in [0, 0.1) is 5.92 Å². The lowest BCUT2D eigenvalue weighted by Crippen LogP contribution is -2.34. The second kappa shape index (κ2) is 10.4. The lowest BCUT2D eigenvalue weighted by atomic mass is 9.99. The van der Waals surface area contributed by atoms with Gasteiger partial charge in [-0.05, 0) is 67.6 Å². The number of aromatic nitrogens is 2. The minimum atomic E-state index is -3.92. The fraction of sp³-hybridized carbons (Fsp3) is 0.348. The van der Waals surface area contributed by atoms with Gasteiger partial charge in [-0.2, -0.15) is 0 Å². The summed E-state index contributed by atoms with van der Waals surface area (Å²) in [6.07, 6.45) is 2.44. The Balaban J connectivity index is 1.39. The van der Waals surface area contributed by atoms with Gasteiger partial charge in [0.1, 0.15) is 0 Å². The van der Waals surface area contributed by atoms with Crippen molar-refractivity contribution in [2.75, 3.05) is 23.3 Å². The molecule has 0 radical (unpaired) electrons. The smallest absolute Gasteiger partial charge is 0.270 e. The van der Waals surface area contributed by atoms with Gasteiger partial charge in [0.2, 0.25) is 9.47 Å². The molecule has 1 aliphatic rings. The van der Waals surface area contributed by atoms with Gasteiger partial charge in [0.15, 0.2) is 0 Å². The topological polar surface area (TPSA) is 104 Å². The van der Waals surface area contributed by atoms with Gasteiger partial charge in [-0.25, -0.2) is 13.1 Å². The van der Waals surface area contributed by atoms with Crippen molar-refractivity contribution in [2.24, 2.45) is 5.92 Å². The van der Waals surface area contributed by atoms with Gasteiger partial charge in [-0.1, -0.05) is 42.0 Å². The molecule has 1 amide bonds. The molecule has 1 saturated heterocycles. The lowest BCUT2D eigenvalue weighted by molar-refractivity contribution is 0.102. The molecule has 8 nitrogen and oxygen atoms in total. The van der Waals surface area contributed by atoms with Gasteiger partial charge in [-0.3, -0.25) is 10.1 Å². The number of amides is 1. The number of hydrogen-bond acceptors (Lipinski definition) is 7. The molecule has 180 valence electrons. The van der Waals surface area contributed by atoms with Crippen molar-refractivity contribution in [1.82, 2.24) is 14.9 Å². The number of benzene rings is 2. The third-order valence-electron chi connectivity index (χ3n) is 5.71. The number of carbonyl (C=O) groups is 1. The quantitative estimate of drug-likeness (QED) is 0.438. The van der Waals surface area contributed by atoms with E-state index in [4.69, 9.17) is 11.6 Å². The number of hydrogen-bond donors (Lipinski definition) is 2. The van der Waals surface area contributed by atoms with Crippen LogP contribution in [-0.4, -0.2) is 37.6 Å². The largest absolute Gasteiger partial charge is 0.371 e. The minimum absolute atomic E-state index is 0.0908. The van der Waals surface area contributed by atoms with E-state index in [1.165, 1.54) is 12.8 Å². The second-order valence-corrected chi connectivity index (χ2v) is 11.8. The van der Waals surface area contributed by atoms with Crippen LogP contribution in [0.2, 0.25) is 5.02 Å². The molecule has 0 bridgehead atoms. The predicted octanol–water partition coefficient (Wildman–Crippen LogP) is 4.72. The number of nitrogens with zero attached hydrogens (tertiary/aromatic N) is 3. The van der Waals surface area contributed by atoms with Gasteiger partial charge in [0.05, 0.1) is 0 Å². The van der Waals surface area contributed by atoms with Crippen molar-refractivity contribution in [1.29, 1.82) is 0 Å². The summed E-state index contributed by atoms with van der Waals surface area (Å²) in [5.74, 6) is 0.244. The lowest BCUT2D eigenvalue weighted by Gasteiger charge is -2.33. The Morgan fingerprint density at radius 3 is 2.53 bits per heavy atom. The number of carbonyl (C=O) groups excluding carboxylic acids is 1. The molecule has 1 aromatic heterocycles. The van der Waals surface area contributed by atoms with E-state index in [9.17, 15) is 13.2 Å². The van der Waals surface area contributed by atoms with Crippen molar-refractivity contribution in [3.05, 3.63) is 64.7 Å². The summed E-state index contributed by atoms with van der Waals surface area (Å²) in [5.41, 5.74) is 2.37. The minimum Gasteiger partial charge on any atom is -0.371 e. The van der Waals surface area contributed by atoms with Crippen molar-refractivity contribution in [2.45, 2.75) is 37.1 Å². The SMILES string of the molecule is CC1CCCN(c2ccc(C(C)NS(=O)(=O)c3nnc(NC(=O)c4ccc(Cl)cc4)s3)cc2)C1. The summed E-state index contributed by atoms with van der Waals surface area (Å²) in [7, 11) is -3.92. The molecule has 11 heteroatoms. The van der Waals surface area contributed by atoms with Gasteiger partial charge < -0.3 is 4.90 Å². The number of rotatable bonds is 7. The maximum absolute atomic E-state index is 12.8. The molecule has 1 aliphatic heterocycles. The molecule has 0 saturated carbocycles. The molecular formula is C23H26ClN5O3S2. The summed E-state index contributed by atoms with van der Waals surface area (Å²) in [6.45, 7) is 6.12. The highest BCUT2D eigenvalue weighted by Gasteiger charge is 2.24. The molecule has 0 spiro atoms. The Morgan fingerprint density at radius 2 is 1.85 bits per heavy atom. The first-order valence-electron chi connectivity index (χ1n) is 11.0. The summed E-state index contributed by atoms with van der Waals surface area (Å²) in [5, 5.41) is 10.7.